The van der Waals surface area contributed by atoms with E-state index in [0.717, 1.165) is 38.8 Å². The summed E-state index contributed by atoms with van der Waals surface area (Å²) in [4.78, 5) is 1.12. The average molecular weight is 415 g/mol. The van der Waals surface area contributed by atoms with Crippen molar-refractivity contribution in [2.45, 2.75) is 12.1 Å². The summed E-state index contributed by atoms with van der Waals surface area (Å²) >= 11 is 1.67. The van der Waals surface area contributed by atoms with E-state index >= 15 is 0 Å². The molecule has 0 saturated heterocycles. The molecule has 1 N–H and O–H groups in total. The minimum Gasteiger partial charge on any atom is -0.496 e. The SMILES string of the molecule is COc1ccccc1[C@H]1C2=C(Nc3nnnn31)c1ccccc1O[C@@H]2c1cccs1. The van der Waals surface area contributed by atoms with Gasteiger partial charge < -0.3 is 14.8 Å². The Kier molecular flexibility index (Phi) is 3.85. The van der Waals surface area contributed by atoms with E-state index in [1.165, 1.54) is 0 Å². The number of anilines is 1. The molecule has 0 unspecified atom stereocenters. The summed E-state index contributed by atoms with van der Waals surface area (Å²) in [7, 11) is 1.68. The Morgan fingerprint density at radius 3 is 2.80 bits per heavy atom. The first-order valence-electron chi connectivity index (χ1n) is 9.56. The first kappa shape index (κ1) is 17.2. The smallest absolute Gasteiger partial charge is 0.248 e. The Morgan fingerprint density at radius 1 is 1.07 bits per heavy atom. The summed E-state index contributed by atoms with van der Waals surface area (Å²) in [5, 5.41) is 18.0. The maximum atomic E-state index is 6.55. The van der Waals surface area contributed by atoms with Gasteiger partial charge in [0.25, 0.3) is 0 Å². The van der Waals surface area contributed by atoms with Gasteiger partial charge in [0.1, 0.15) is 17.5 Å². The van der Waals surface area contributed by atoms with E-state index in [-0.39, 0.29) is 12.1 Å². The molecule has 7 nitrogen and oxygen atoms in total. The standard InChI is InChI=1S/C22H17N5O2S/c1-28-15-9-4-3-8-14(15)20-18-19(23-22-24-25-26-27(20)22)13-7-2-5-10-16(13)29-21(18)17-11-6-12-30-17/h2-12,20-21H,1H3,(H,23,24,26)/t20-,21+/m0/s1. The Labute approximate surface area is 176 Å². The second-order valence-electron chi connectivity index (χ2n) is 7.06. The third-order valence-electron chi connectivity index (χ3n) is 5.48. The number of methoxy groups -OCH3 is 1. The lowest BCUT2D eigenvalue weighted by Crippen LogP contribution is -2.32. The number of aromatic nitrogens is 4. The number of thiophene rings is 1. The zero-order valence-electron chi connectivity index (χ0n) is 16.0. The largest absolute Gasteiger partial charge is 0.496 e. The van der Waals surface area contributed by atoms with E-state index < -0.39 is 0 Å². The lowest BCUT2D eigenvalue weighted by atomic mass is 9.86. The summed E-state index contributed by atoms with van der Waals surface area (Å²) in [6.07, 6.45) is -0.269. The van der Waals surface area contributed by atoms with Gasteiger partial charge in [0.05, 0.1) is 12.8 Å². The Bertz CT molecular complexity index is 1260. The van der Waals surface area contributed by atoms with E-state index in [1.807, 2.05) is 42.5 Å². The molecule has 2 aromatic heterocycles. The number of hydrogen-bond acceptors (Lipinski definition) is 7. The van der Waals surface area contributed by atoms with Crippen LogP contribution < -0.4 is 14.8 Å². The van der Waals surface area contributed by atoms with Crippen LogP contribution in [0.3, 0.4) is 0 Å². The highest BCUT2D eigenvalue weighted by molar-refractivity contribution is 7.10. The molecule has 8 heteroatoms. The summed E-state index contributed by atoms with van der Waals surface area (Å²) < 4.78 is 14.1. The molecule has 2 aromatic carbocycles. The number of rotatable bonds is 3. The number of nitrogens with zero attached hydrogens (tertiary/aromatic N) is 4. The van der Waals surface area contributed by atoms with Gasteiger partial charge in [-0.15, -0.1) is 11.3 Å². The van der Waals surface area contributed by atoms with Gasteiger partial charge in [-0.05, 0) is 40.1 Å². The Morgan fingerprint density at radius 2 is 1.93 bits per heavy atom. The zero-order valence-corrected chi connectivity index (χ0v) is 16.8. The molecule has 4 aromatic rings. The Balaban J connectivity index is 1.66. The average Bonchev–Trinajstić information content (AvgIpc) is 3.49. The fourth-order valence-electron chi connectivity index (χ4n) is 4.21. The molecule has 30 heavy (non-hydrogen) atoms. The van der Waals surface area contributed by atoms with Crippen LogP contribution in [0.5, 0.6) is 11.5 Å². The number of tetrazole rings is 1. The van der Waals surface area contributed by atoms with Crippen LogP contribution in [-0.4, -0.2) is 27.3 Å². The molecular formula is C22H17N5O2S. The normalized spacial score (nSPS) is 19.2. The van der Waals surface area contributed by atoms with Crippen molar-refractivity contribution in [3.8, 4) is 11.5 Å². The number of ether oxygens (including phenoxy) is 2. The van der Waals surface area contributed by atoms with Gasteiger partial charge in [-0.1, -0.05) is 41.5 Å². The fourth-order valence-corrected chi connectivity index (χ4v) is 4.98. The van der Waals surface area contributed by atoms with E-state index in [4.69, 9.17) is 9.47 Å². The lowest BCUT2D eigenvalue weighted by Gasteiger charge is -2.38. The molecule has 2 aliphatic heterocycles. The second kappa shape index (κ2) is 6.70. The van der Waals surface area contributed by atoms with Crippen LogP contribution in [0.4, 0.5) is 5.95 Å². The van der Waals surface area contributed by atoms with E-state index in [9.17, 15) is 0 Å². The van der Waals surface area contributed by atoms with Gasteiger partial charge in [-0.3, -0.25) is 0 Å². The topological polar surface area (TPSA) is 74.1 Å². The molecule has 148 valence electrons. The van der Waals surface area contributed by atoms with Crippen molar-refractivity contribution in [1.82, 2.24) is 20.2 Å². The highest BCUT2D eigenvalue weighted by Crippen LogP contribution is 2.52. The van der Waals surface area contributed by atoms with Crippen molar-refractivity contribution in [3.05, 3.63) is 87.6 Å². The highest BCUT2D eigenvalue weighted by Gasteiger charge is 2.42. The molecule has 0 fully saturated rings. The predicted molar refractivity (Wildman–Crippen MR) is 114 cm³/mol. The van der Waals surface area contributed by atoms with Crippen LogP contribution in [0.1, 0.15) is 28.1 Å². The van der Waals surface area contributed by atoms with E-state index in [0.29, 0.717) is 5.95 Å². The molecule has 0 amide bonds. The minimum atomic E-state index is -0.275. The number of nitrogens with one attached hydrogen (secondary N) is 1. The summed E-state index contributed by atoms with van der Waals surface area (Å²) in [5.41, 5.74) is 4.01. The molecule has 2 aliphatic rings. The first-order valence-corrected chi connectivity index (χ1v) is 10.4. The molecule has 6 rings (SSSR count). The van der Waals surface area contributed by atoms with Crippen molar-refractivity contribution >= 4 is 23.0 Å². The molecule has 0 radical (unpaired) electrons. The molecule has 0 saturated carbocycles. The molecule has 0 aliphatic carbocycles. The third-order valence-corrected chi connectivity index (χ3v) is 6.39. The van der Waals surface area contributed by atoms with Crippen LogP contribution in [0, 0.1) is 0 Å². The lowest BCUT2D eigenvalue weighted by molar-refractivity contribution is 0.225. The monoisotopic (exact) mass is 415 g/mol. The fraction of sp³-hybridized carbons (Fsp3) is 0.136. The van der Waals surface area contributed by atoms with E-state index in [1.54, 1.807) is 23.1 Å². The van der Waals surface area contributed by atoms with Crippen molar-refractivity contribution in [3.63, 3.8) is 0 Å². The van der Waals surface area contributed by atoms with Gasteiger partial charge in [0.2, 0.25) is 5.95 Å². The summed E-state index contributed by atoms with van der Waals surface area (Å²) in [6.45, 7) is 0. The molecular weight excluding hydrogens is 398 g/mol. The predicted octanol–water partition coefficient (Wildman–Crippen LogP) is 4.30. The second-order valence-corrected chi connectivity index (χ2v) is 8.04. The number of fused-ring (bicyclic) bond motifs is 3. The zero-order chi connectivity index (χ0) is 20.1. The molecule has 2 atom stereocenters. The first-order chi connectivity index (χ1) is 14.8. The maximum absolute atomic E-state index is 6.55. The van der Waals surface area contributed by atoms with Crippen molar-refractivity contribution < 1.29 is 9.47 Å². The third kappa shape index (κ3) is 2.47. The summed E-state index contributed by atoms with van der Waals surface area (Å²) in [5.74, 6) is 2.20. The van der Waals surface area contributed by atoms with Crippen molar-refractivity contribution in [2.24, 2.45) is 0 Å². The van der Waals surface area contributed by atoms with Crippen molar-refractivity contribution in [1.29, 1.82) is 0 Å². The van der Waals surface area contributed by atoms with Gasteiger partial charge in [-0.2, -0.15) is 4.68 Å². The van der Waals surface area contributed by atoms with Crippen LogP contribution >= 0.6 is 11.3 Å². The van der Waals surface area contributed by atoms with E-state index in [2.05, 4.69) is 44.4 Å². The van der Waals surface area contributed by atoms with Crippen LogP contribution in [0.15, 0.2) is 71.6 Å². The minimum absolute atomic E-state index is 0.269. The summed E-state index contributed by atoms with van der Waals surface area (Å²) in [6, 6.07) is 19.9. The van der Waals surface area contributed by atoms with Crippen LogP contribution in [0.2, 0.25) is 0 Å². The maximum Gasteiger partial charge on any atom is 0.248 e. The number of benzene rings is 2. The molecule has 0 spiro atoms. The highest BCUT2D eigenvalue weighted by atomic mass is 32.1. The van der Waals surface area contributed by atoms with Crippen molar-refractivity contribution in [2.75, 3.05) is 12.4 Å². The molecule has 4 heterocycles. The number of hydrogen-bond donors (Lipinski definition) is 1. The quantitative estimate of drug-likeness (QED) is 0.538. The van der Waals surface area contributed by atoms with Gasteiger partial charge >= 0.3 is 0 Å². The van der Waals surface area contributed by atoms with Gasteiger partial charge in [0.15, 0.2) is 6.10 Å². The van der Waals surface area contributed by atoms with Crippen LogP contribution in [-0.2, 0) is 0 Å². The molecule has 0 bridgehead atoms. The van der Waals surface area contributed by atoms with Gasteiger partial charge in [-0.25, -0.2) is 0 Å². The van der Waals surface area contributed by atoms with Gasteiger partial charge in [0, 0.05) is 21.6 Å². The number of para-hydroxylation sites is 2. The Hall–Kier alpha value is -3.65. The van der Waals surface area contributed by atoms with Crippen LogP contribution in [0.25, 0.3) is 5.70 Å².